The summed E-state index contributed by atoms with van der Waals surface area (Å²) in [6.07, 6.45) is 2.21. The van der Waals surface area contributed by atoms with E-state index in [1.165, 1.54) is 11.5 Å². The lowest BCUT2D eigenvalue weighted by atomic mass is 10.2. The second-order valence-corrected chi connectivity index (χ2v) is 5.51. The second-order valence-electron chi connectivity index (χ2n) is 4.76. The molecule has 6 heteroatoms. The van der Waals surface area contributed by atoms with Crippen molar-refractivity contribution in [2.45, 2.75) is 51.6 Å². The highest BCUT2D eigenvalue weighted by Crippen LogP contribution is 2.20. The van der Waals surface area contributed by atoms with Crippen molar-refractivity contribution in [1.82, 2.24) is 14.7 Å². The van der Waals surface area contributed by atoms with Crippen LogP contribution >= 0.6 is 11.5 Å². The monoisotopic (exact) mass is 254 g/mol. The highest BCUT2D eigenvalue weighted by Gasteiger charge is 2.25. The SMILES string of the molecule is CC(Nc1nc(C(C)C)ns1)C(=O)NC1CC1. The van der Waals surface area contributed by atoms with E-state index in [0.29, 0.717) is 17.1 Å². The lowest BCUT2D eigenvalue weighted by Crippen LogP contribution is -2.38. The zero-order valence-corrected chi connectivity index (χ0v) is 11.2. The molecule has 5 nitrogen and oxygen atoms in total. The number of carbonyl (C=O) groups is 1. The smallest absolute Gasteiger partial charge is 0.242 e. The van der Waals surface area contributed by atoms with E-state index >= 15 is 0 Å². The van der Waals surface area contributed by atoms with Gasteiger partial charge in [-0.15, -0.1) is 0 Å². The molecule has 17 heavy (non-hydrogen) atoms. The van der Waals surface area contributed by atoms with Gasteiger partial charge in [-0.25, -0.2) is 4.98 Å². The van der Waals surface area contributed by atoms with Crippen LogP contribution in [0.2, 0.25) is 0 Å². The number of amides is 1. The number of carbonyl (C=O) groups excluding carboxylic acids is 1. The standard InChI is InChI=1S/C11H18N4OS/c1-6(2)9-14-11(17-15-9)12-7(3)10(16)13-8-4-5-8/h6-8H,4-5H2,1-3H3,(H,13,16)(H,12,14,15). The fraction of sp³-hybridized carbons (Fsp3) is 0.727. The Morgan fingerprint density at radius 3 is 2.65 bits per heavy atom. The number of nitrogens with zero attached hydrogens (tertiary/aromatic N) is 2. The molecule has 2 rings (SSSR count). The topological polar surface area (TPSA) is 66.9 Å². The summed E-state index contributed by atoms with van der Waals surface area (Å²) in [5.74, 6) is 1.18. The molecular weight excluding hydrogens is 236 g/mol. The maximum Gasteiger partial charge on any atom is 0.242 e. The van der Waals surface area contributed by atoms with Gasteiger partial charge in [0, 0.05) is 23.5 Å². The number of hydrogen-bond acceptors (Lipinski definition) is 5. The minimum absolute atomic E-state index is 0.0359. The Bertz CT molecular complexity index is 400. The lowest BCUT2D eigenvalue weighted by Gasteiger charge is -2.12. The van der Waals surface area contributed by atoms with Gasteiger partial charge in [0.15, 0.2) is 0 Å². The summed E-state index contributed by atoms with van der Waals surface area (Å²) in [4.78, 5) is 16.1. The molecule has 0 aromatic carbocycles. The van der Waals surface area contributed by atoms with Crippen LogP contribution in [0.15, 0.2) is 0 Å². The average molecular weight is 254 g/mol. The third-order valence-corrected chi connectivity index (χ3v) is 3.28. The molecule has 0 radical (unpaired) electrons. The van der Waals surface area contributed by atoms with Crippen molar-refractivity contribution in [1.29, 1.82) is 0 Å². The maximum atomic E-state index is 11.7. The van der Waals surface area contributed by atoms with Gasteiger partial charge in [-0.1, -0.05) is 13.8 Å². The summed E-state index contributed by atoms with van der Waals surface area (Å²) in [5, 5.41) is 6.76. The lowest BCUT2D eigenvalue weighted by molar-refractivity contribution is -0.121. The van der Waals surface area contributed by atoms with Crippen LogP contribution in [0.4, 0.5) is 5.13 Å². The molecule has 1 aromatic heterocycles. The number of nitrogens with one attached hydrogen (secondary N) is 2. The van der Waals surface area contributed by atoms with Gasteiger partial charge >= 0.3 is 0 Å². The molecule has 1 fully saturated rings. The first-order valence-corrected chi connectivity index (χ1v) is 6.74. The Morgan fingerprint density at radius 2 is 2.12 bits per heavy atom. The molecule has 94 valence electrons. The van der Waals surface area contributed by atoms with Crippen LogP contribution in [-0.2, 0) is 4.79 Å². The Balaban J connectivity index is 1.87. The Hall–Kier alpha value is -1.17. The molecule has 1 aliphatic carbocycles. The minimum Gasteiger partial charge on any atom is -0.352 e. The van der Waals surface area contributed by atoms with Crippen molar-refractivity contribution in [3.8, 4) is 0 Å². The highest BCUT2D eigenvalue weighted by atomic mass is 32.1. The van der Waals surface area contributed by atoms with E-state index in [2.05, 4.69) is 33.8 Å². The van der Waals surface area contributed by atoms with E-state index in [1.54, 1.807) is 0 Å². The summed E-state index contributed by atoms with van der Waals surface area (Å²) in [7, 11) is 0. The predicted octanol–water partition coefficient (Wildman–Crippen LogP) is 1.74. The number of hydrogen-bond donors (Lipinski definition) is 2. The van der Waals surface area contributed by atoms with Gasteiger partial charge in [0.25, 0.3) is 0 Å². The van der Waals surface area contributed by atoms with Gasteiger partial charge in [-0.05, 0) is 19.8 Å². The van der Waals surface area contributed by atoms with E-state index in [9.17, 15) is 4.79 Å². The Morgan fingerprint density at radius 1 is 1.41 bits per heavy atom. The van der Waals surface area contributed by atoms with Gasteiger partial charge in [0.05, 0.1) is 0 Å². The van der Waals surface area contributed by atoms with E-state index in [1.807, 2.05) is 6.92 Å². The molecule has 0 saturated heterocycles. The fourth-order valence-corrected chi connectivity index (χ4v) is 2.13. The largest absolute Gasteiger partial charge is 0.352 e. The third-order valence-electron chi connectivity index (χ3n) is 2.62. The molecule has 1 atom stereocenters. The second kappa shape index (κ2) is 5.00. The van der Waals surface area contributed by atoms with Crippen LogP contribution in [0.5, 0.6) is 0 Å². The fourth-order valence-electron chi connectivity index (χ4n) is 1.33. The summed E-state index contributed by atoms with van der Waals surface area (Å²) in [5.41, 5.74) is 0. The van der Waals surface area contributed by atoms with Crippen molar-refractivity contribution in [3.63, 3.8) is 0 Å². The average Bonchev–Trinajstić information content (AvgIpc) is 2.94. The minimum atomic E-state index is -0.261. The summed E-state index contributed by atoms with van der Waals surface area (Å²) < 4.78 is 4.24. The highest BCUT2D eigenvalue weighted by molar-refractivity contribution is 7.09. The van der Waals surface area contributed by atoms with Gasteiger partial charge in [-0.2, -0.15) is 4.37 Å². The third kappa shape index (κ3) is 3.39. The Labute approximate surface area is 105 Å². The van der Waals surface area contributed by atoms with Crippen molar-refractivity contribution in [3.05, 3.63) is 5.82 Å². The predicted molar refractivity (Wildman–Crippen MR) is 68.2 cm³/mol. The summed E-state index contributed by atoms with van der Waals surface area (Å²) >= 11 is 1.31. The summed E-state index contributed by atoms with van der Waals surface area (Å²) in [6.45, 7) is 5.94. The number of rotatable bonds is 5. The number of aromatic nitrogens is 2. The van der Waals surface area contributed by atoms with E-state index < -0.39 is 0 Å². The van der Waals surface area contributed by atoms with Crippen molar-refractivity contribution in [2.24, 2.45) is 0 Å². The zero-order chi connectivity index (χ0) is 12.4. The molecule has 1 unspecified atom stereocenters. The maximum absolute atomic E-state index is 11.7. The van der Waals surface area contributed by atoms with Gasteiger partial charge in [-0.3, -0.25) is 4.79 Å². The van der Waals surface area contributed by atoms with Crippen molar-refractivity contribution < 1.29 is 4.79 Å². The molecule has 1 saturated carbocycles. The molecular formula is C11H18N4OS. The van der Waals surface area contributed by atoms with Gasteiger partial charge in [0.1, 0.15) is 11.9 Å². The van der Waals surface area contributed by atoms with Crippen LogP contribution < -0.4 is 10.6 Å². The molecule has 0 bridgehead atoms. The Kier molecular flexibility index (Phi) is 3.61. The van der Waals surface area contributed by atoms with E-state index in [4.69, 9.17) is 0 Å². The molecule has 1 aliphatic rings. The normalized spacial score (nSPS) is 16.9. The summed E-state index contributed by atoms with van der Waals surface area (Å²) in [6, 6.07) is 0.135. The molecule has 1 aromatic rings. The van der Waals surface area contributed by atoms with E-state index in [-0.39, 0.29) is 11.9 Å². The van der Waals surface area contributed by atoms with Gasteiger partial charge < -0.3 is 10.6 Å². The quantitative estimate of drug-likeness (QED) is 0.840. The first-order chi connectivity index (χ1) is 8.06. The molecule has 2 N–H and O–H groups in total. The number of anilines is 1. The zero-order valence-electron chi connectivity index (χ0n) is 10.4. The molecule has 1 amide bonds. The van der Waals surface area contributed by atoms with Crippen molar-refractivity contribution in [2.75, 3.05) is 5.32 Å². The molecule has 0 spiro atoms. The van der Waals surface area contributed by atoms with Gasteiger partial charge in [0.2, 0.25) is 11.0 Å². The van der Waals surface area contributed by atoms with Crippen LogP contribution in [-0.4, -0.2) is 27.3 Å². The van der Waals surface area contributed by atoms with Crippen molar-refractivity contribution >= 4 is 22.6 Å². The first-order valence-electron chi connectivity index (χ1n) is 5.96. The molecule has 1 heterocycles. The first kappa shape index (κ1) is 12.3. The van der Waals surface area contributed by atoms with Crippen LogP contribution in [0.1, 0.15) is 45.4 Å². The van der Waals surface area contributed by atoms with E-state index in [0.717, 1.165) is 18.7 Å². The van der Waals surface area contributed by atoms with Crippen LogP contribution in [0.25, 0.3) is 0 Å². The molecule has 0 aliphatic heterocycles. The van der Waals surface area contributed by atoms with Crippen LogP contribution in [0.3, 0.4) is 0 Å². The van der Waals surface area contributed by atoms with Crippen LogP contribution in [0, 0.1) is 0 Å².